The van der Waals surface area contributed by atoms with E-state index in [1.807, 2.05) is 0 Å². The van der Waals surface area contributed by atoms with E-state index in [1.54, 1.807) is 4.90 Å². The second kappa shape index (κ2) is 6.01. The van der Waals surface area contributed by atoms with E-state index in [0.29, 0.717) is 18.8 Å². The predicted molar refractivity (Wildman–Crippen MR) is 78.4 cm³/mol. The summed E-state index contributed by atoms with van der Waals surface area (Å²) in [6, 6.07) is 0.839. The molecule has 1 aliphatic heterocycles. The van der Waals surface area contributed by atoms with Crippen molar-refractivity contribution in [2.75, 3.05) is 26.2 Å². The average Bonchev–Trinajstić information content (AvgIpc) is 2.90. The molecule has 0 saturated carbocycles. The zero-order chi connectivity index (χ0) is 16.6. The molecule has 3 heterocycles. The molecule has 0 aliphatic carbocycles. The van der Waals surface area contributed by atoms with Crippen LogP contribution >= 0.6 is 11.6 Å². The van der Waals surface area contributed by atoms with Crippen LogP contribution in [0.4, 0.5) is 13.2 Å². The quantitative estimate of drug-likeness (QED) is 0.904. The molecule has 9 heteroatoms. The van der Waals surface area contributed by atoms with Crippen molar-refractivity contribution in [2.24, 2.45) is 0 Å². The van der Waals surface area contributed by atoms with Crippen molar-refractivity contribution in [1.82, 2.24) is 19.6 Å². The van der Waals surface area contributed by atoms with E-state index in [-0.39, 0.29) is 23.0 Å². The number of amides is 1. The van der Waals surface area contributed by atoms with Gasteiger partial charge in [0.2, 0.25) is 5.91 Å². The third-order valence-corrected chi connectivity index (χ3v) is 3.96. The summed E-state index contributed by atoms with van der Waals surface area (Å²) < 4.78 is 39.6. The zero-order valence-corrected chi connectivity index (χ0v) is 12.8. The molecule has 3 rings (SSSR count). The second-order valence-electron chi connectivity index (χ2n) is 5.35. The van der Waals surface area contributed by atoms with E-state index in [9.17, 15) is 18.0 Å². The zero-order valence-electron chi connectivity index (χ0n) is 12.0. The first-order chi connectivity index (χ1) is 10.8. The molecule has 23 heavy (non-hydrogen) atoms. The molecule has 0 spiro atoms. The molecule has 0 bridgehead atoms. The molecule has 1 saturated heterocycles. The summed E-state index contributed by atoms with van der Waals surface area (Å²) in [5.41, 5.74) is -0.245. The largest absolute Gasteiger partial charge is 0.417 e. The molecule has 1 aliphatic rings. The first-order valence-corrected chi connectivity index (χ1v) is 7.45. The fraction of sp³-hybridized carbons (Fsp3) is 0.429. The highest BCUT2D eigenvalue weighted by Gasteiger charge is 2.32. The number of hydrogen-bond donors (Lipinski definition) is 1. The Labute approximate surface area is 135 Å². The number of halogens is 4. The van der Waals surface area contributed by atoms with E-state index >= 15 is 0 Å². The molecule has 5 nitrogen and oxygen atoms in total. The Kier molecular flexibility index (Phi) is 4.20. The number of piperazine rings is 1. The monoisotopic (exact) mass is 346 g/mol. The highest BCUT2D eigenvalue weighted by Crippen LogP contribution is 2.32. The van der Waals surface area contributed by atoms with Gasteiger partial charge >= 0.3 is 6.18 Å². The molecule has 1 amide bonds. The van der Waals surface area contributed by atoms with Crippen LogP contribution in [0.2, 0.25) is 5.02 Å². The number of alkyl halides is 3. The Morgan fingerprint density at radius 3 is 2.65 bits per heavy atom. The first-order valence-electron chi connectivity index (χ1n) is 7.07. The number of nitrogens with zero attached hydrogens (tertiary/aromatic N) is 3. The van der Waals surface area contributed by atoms with E-state index in [1.165, 1.54) is 10.6 Å². The van der Waals surface area contributed by atoms with E-state index in [0.717, 1.165) is 25.4 Å². The molecule has 0 aromatic carbocycles. The summed E-state index contributed by atoms with van der Waals surface area (Å²) >= 11 is 5.88. The van der Waals surface area contributed by atoms with Gasteiger partial charge in [-0.25, -0.2) is 4.98 Å². The molecule has 0 unspecified atom stereocenters. The third kappa shape index (κ3) is 3.42. The first kappa shape index (κ1) is 16.1. The van der Waals surface area contributed by atoms with E-state index in [4.69, 9.17) is 11.6 Å². The van der Waals surface area contributed by atoms with Crippen LogP contribution in [0.15, 0.2) is 18.5 Å². The average molecular weight is 347 g/mol. The van der Waals surface area contributed by atoms with Gasteiger partial charge in [0.25, 0.3) is 0 Å². The summed E-state index contributed by atoms with van der Waals surface area (Å²) in [6.45, 7) is 2.70. The molecule has 1 fully saturated rings. The van der Waals surface area contributed by atoms with Crippen LogP contribution in [0.1, 0.15) is 11.3 Å². The molecular weight excluding hydrogens is 333 g/mol. The minimum absolute atomic E-state index is 0.0410. The van der Waals surface area contributed by atoms with Gasteiger partial charge in [0.1, 0.15) is 0 Å². The topological polar surface area (TPSA) is 49.6 Å². The van der Waals surface area contributed by atoms with Crippen LogP contribution < -0.4 is 5.32 Å². The van der Waals surface area contributed by atoms with Gasteiger partial charge in [-0.3, -0.25) is 4.79 Å². The maximum atomic E-state index is 12.8. The Morgan fingerprint density at radius 1 is 1.30 bits per heavy atom. The van der Waals surface area contributed by atoms with Crippen molar-refractivity contribution in [3.63, 3.8) is 0 Å². The maximum absolute atomic E-state index is 12.8. The Bertz CT molecular complexity index is 737. The van der Waals surface area contributed by atoms with Crippen molar-refractivity contribution < 1.29 is 18.0 Å². The van der Waals surface area contributed by atoms with Crippen LogP contribution in [0.3, 0.4) is 0 Å². The Morgan fingerprint density at radius 2 is 2.00 bits per heavy atom. The van der Waals surface area contributed by atoms with Gasteiger partial charge in [-0.05, 0) is 6.07 Å². The van der Waals surface area contributed by atoms with Gasteiger partial charge in [-0.15, -0.1) is 0 Å². The lowest BCUT2D eigenvalue weighted by atomic mass is 10.2. The number of fused-ring (bicyclic) bond motifs is 1. The summed E-state index contributed by atoms with van der Waals surface area (Å²) in [6.07, 6.45) is -2.11. The van der Waals surface area contributed by atoms with Crippen molar-refractivity contribution in [3.05, 3.63) is 34.7 Å². The lowest BCUT2D eigenvalue weighted by Gasteiger charge is -2.27. The number of carbonyl (C=O) groups is 1. The molecule has 124 valence electrons. The normalized spacial score (nSPS) is 16.1. The lowest BCUT2D eigenvalue weighted by molar-refractivity contribution is -0.138. The van der Waals surface area contributed by atoms with Gasteiger partial charge in [0.05, 0.1) is 22.7 Å². The lowest BCUT2D eigenvalue weighted by Crippen LogP contribution is -2.46. The Balaban J connectivity index is 1.85. The molecule has 1 N–H and O–H groups in total. The van der Waals surface area contributed by atoms with Gasteiger partial charge in [0, 0.05) is 38.6 Å². The molecule has 0 radical (unpaired) electrons. The summed E-state index contributed by atoms with van der Waals surface area (Å²) in [7, 11) is 0. The van der Waals surface area contributed by atoms with Crippen LogP contribution in [0.5, 0.6) is 0 Å². The van der Waals surface area contributed by atoms with Crippen LogP contribution in [-0.2, 0) is 17.4 Å². The minimum Gasteiger partial charge on any atom is -0.340 e. The van der Waals surface area contributed by atoms with Gasteiger partial charge in [-0.2, -0.15) is 13.2 Å². The fourth-order valence-electron chi connectivity index (χ4n) is 2.53. The second-order valence-corrected chi connectivity index (χ2v) is 5.75. The number of imidazole rings is 1. The number of aromatic nitrogens is 2. The van der Waals surface area contributed by atoms with Gasteiger partial charge in [0.15, 0.2) is 5.65 Å². The highest BCUT2D eigenvalue weighted by molar-refractivity contribution is 6.33. The number of pyridine rings is 1. The summed E-state index contributed by atoms with van der Waals surface area (Å²) in [4.78, 5) is 18.1. The number of carbonyl (C=O) groups excluding carboxylic acids is 1. The third-order valence-electron chi connectivity index (χ3n) is 3.69. The van der Waals surface area contributed by atoms with Crippen LogP contribution in [0.25, 0.3) is 5.65 Å². The predicted octanol–water partition coefficient (Wildman–Crippen LogP) is 1.98. The van der Waals surface area contributed by atoms with Crippen molar-refractivity contribution in [3.8, 4) is 0 Å². The SMILES string of the molecule is O=C(Cc1cn2cc(C(F)(F)F)cc(Cl)c2n1)N1CCNCC1. The number of hydrogen-bond acceptors (Lipinski definition) is 3. The number of rotatable bonds is 2. The molecule has 2 aromatic heterocycles. The standard InChI is InChI=1S/C14H14ClF3N4O/c15-11-5-9(14(16,17)18)7-22-8-10(20-13(11)22)6-12(23)21-3-1-19-2-4-21/h5,7-8,19H,1-4,6H2. The maximum Gasteiger partial charge on any atom is 0.417 e. The molecule has 2 aromatic rings. The number of nitrogens with one attached hydrogen (secondary N) is 1. The highest BCUT2D eigenvalue weighted by atomic mass is 35.5. The van der Waals surface area contributed by atoms with Crippen molar-refractivity contribution >= 4 is 23.2 Å². The van der Waals surface area contributed by atoms with Gasteiger partial charge < -0.3 is 14.6 Å². The van der Waals surface area contributed by atoms with E-state index in [2.05, 4.69) is 10.3 Å². The van der Waals surface area contributed by atoms with Crippen LogP contribution in [-0.4, -0.2) is 46.4 Å². The molecule has 0 atom stereocenters. The molecular formula is C14H14ClF3N4O. The van der Waals surface area contributed by atoms with Gasteiger partial charge in [-0.1, -0.05) is 11.6 Å². The minimum atomic E-state index is -4.49. The summed E-state index contributed by atoms with van der Waals surface area (Å²) in [5.74, 6) is -0.0953. The summed E-state index contributed by atoms with van der Waals surface area (Å²) in [5, 5.41) is 3.05. The van der Waals surface area contributed by atoms with E-state index < -0.39 is 11.7 Å². The Hall–Kier alpha value is -1.80. The smallest absolute Gasteiger partial charge is 0.340 e. The van der Waals surface area contributed by atoms with Crippen molar-refractivity contribution in [1.29, 1.82) is 0 Å². The van der Waals surface area contributed by atoms with Crippen LogP contribution in [0, 0.1) is 0 Å². The van der Waals surface area contributed by atoms with Crippen molar-refractivity contribution in [2.45, 2.75) is 12.6 Å². The fourth-order valence-corrected chi connectivity index (χ4v) is 2.79.